The molecule has 1 heterocycles. The maximum absolute atomic E-state index is 13.4. The second-order valence-corrected chi connectivity index (χ2v) is 4.74. The first-order valence-corrected chi connectivity index (χ1v) is 6.32. The highest BCUT2D eigenvalue weighted by Gasteiger charge is 2.07. The van der Waals surface area contributed by atoms with Crippen molar-refractivity contribution in [2.24, 2.45) is 0 Å². The van der Waals surface area contributed by atoms with Crippen LogP contribution in [0.15, 0.2) is 39.9 Å². The summed E-state index contributed by atoms with van der Waals surface area (Å²) in [5, 5.41) is 2.84. The van der Waals surface area contributed by atoms with Gasteiger partial charge in [-0.25, -0.2) is 9.18 Å². The first-order chi connectivity index (χ1) is 9.49. The number of halogens is 1. The third-order valence-electron chi connectivity index (χ3n) is 2.91. The van der Waals surface area contributed by atoms with Crippen molar-refractivity contribution >= 4 is 5.82 Å². The molecule has 1 aromatic heterocycles. The lowest BCUT2D eigenvalue weighted by Gasteiger charge is -2.11. The molecule has 0 aliphatic heterocycles. The van der Waals surface area contributed by atoms with E-state index in [0.29, 0.717) is 5.56 Å². The Morgan fingerprint density at radius 3 is 2.60 bits per heavy atom. The maximum atomic E-state index is 13.4. The van der Waals surface area contributed by atoms with Gasteiger partial charge in [0, 0.05) is 24.2 Å². The summed E-state index contributed by atoms with van der Waals surface area (Å²) < 4.78 is 14.6. The van der Waals surface area contributed by atoms with Gasteiger partial charge in [0.15, 0.2) is 0 Å². The average molecular weight is 277 g/mol. The molecule has 0 saturated carbocycles. The molecule has 106 valence electrons. The lowest BCUT2D eigenvalue weighted by atomic mass is 10.2. The van der Waals surface area contributed by atoms with Crippen molar-refractivity contribution in [2.75, 3.05) is 5.32 Å². The Labute approximate surface area is 115 Å². The van der Waals surface area contributed by atoms with Crippen molar-refractivity contribution in [3.63, 3.8) is 0 Å². The van der Waals surface area contributed by atoms with E-state index in [9.17, 15) is 14.0 Å². The topological polar surface area (TPSA) is 66.9 Å². The predicted molar refractivity (Wildman–Crippen MR) is 75.4 cm³/mol. The van der Waals surface area contributed by atoms with Crippen LogP contribution in [0.3, 0.4) is 0 Å². The SMILES string of the molecule is CC(C)n1c(=O)cc(NCc2ccccc2F)[nH]c1=O. The Balaban J connectivity index is 2.22. The molecule has 0 radical (unpaired) electrons. The molecule has 0 fully saturated rings. The van der Waals surface area contributed by atoms with Gasteiger partial charge in [0.2, 0.25) is 0 Å². The number of anilines is 1. The summed E-state index contributed by atoms with van der Waals surface area (Å²) in [5.74, 6) is -0.0574. The van der Waals surface area contributed by atoms with Gasteiger partial charge in [-0.1, -0.05) is 18.2 Å². The zero-order valence-corrected chi connectivity index (χ0v) is 11.3. The molecule has 0 aliphatic rings. The zero-order valence-electron chi connectivity index (χ0n) is 11.3. The van der Waals surface area contributed by atoms with Crippen LogP contribution < -0.4 is 16.6 Å². The zero-order chi connectivity index (χ0) is 14.7. The largest absolute Gasteiger partial charge is 0.367 e. The molecule has 0 saturated heterocycles. The fraction of sp³-hybridized carbons (Fsp3) is 0.286. The van der Waals surface area contributed by atoms with Gasteiger partial charge in [0.1, 0.15) is 11.6 Å². The van der Waals surface area contributed by atoms with Gasteiger partial charge in [-0.2, -0.15) is 0 Å². The van der Waals surface area contributed by atoms with E-state index in [1.807, 2.05) is 0 Å². The molecule has 0 unspecified atom stereocenters. The average Bonchev–Trinajstić information content (AvgIpc) is 2.36. The highest BCUT2D eigenvalue weighted by molar-refractivity contribution is 5.34. The van der Waals surface area contributed by atoms with Gasteiger partial charge in [0.05, 0.1) is 0 Å². The number of nitrogens with one attached hydrogen (secondary N) is 2. The highest BCUT2D eigenvalue weighted by atomic mass is 19.1. The third-order valence-corrected chi connectivity index (χ3v) is 2.91. The van der Waals surface area contributed by atoms with E-state index >= 15 is 0 Å². The van der Waals surface area contributed by atoms with Crippen LogP contribution in [0.5, 0.6) is 0 Å². The van der Waals surface area contributed by atoms with Crippen LogP contribution in [0.1, 0.15) is 25.5 Å². The van der Waals surface area contributed by atoms with Crippen molar-refractivity contribution in [3.8, 4) is 0 Å². The third kappa shape index (κ3) is 2.96. The number of H-pyrrole nitrogens is 1. The van der Waals surface area contributed by atoms with Crippen molar-refractivity contribution in [2.45, 2.75) is 26.4 Å². The summed E-state index contributed by atoms with van der Waals surface area (Å²) >= 11 is 0. The van der Waals surface area contributed by atoms with E-state index < -0.39 is 5.69 Å². The normalized spacial score (nSPS) is 10.8. The molecule has 0 bridgehead atoms. The lowest BCUT2D eigenvalue weighted by molar-refractivity contribution is 0.546. The van der Waals surface area contributed by atoms with E-state index in [0.717, 1.165) is 4.57 Å². The summed E-state index contributed by atoms with van der Waals surface area (Å²) in [6.07, 6.45) is 0. The van der Waals surface area contributed by atoms with Crippen LogP contribution in [0.2, 0.25) is 0 Å². The summed E-state index contributed by atoms with van der Waals surface area (Å²) in [7, 11) is 0. The van der Waals surface area contributed by atoms with Gasteiger partial charge in [-0.05, 0) is 19.9 Å². The molecule has 5 nitrogen and oxygen atoms in total. The summed E-state index contributed by atoms with van der Waals surface area (Å²) in [6, 6.07) is 7.39. The standard InChI is InChI=1S/C14H16FN3O2/c1-9(2)18-13(19)7-12(17-14(18)20)16-8-10-5-3-4-6-11(10)15/h3-7,9,16H,8H2,1-2H3,(H,17,20). The molecule has 1 aromatic carbocycles. The van der Waals surface area contributed by atoms with Crippen molar-refractivity contribution in [1.82, 2.24) is 9.55 Å². The lowest BCUT2D eigenvalue weighted by Crippen LogP contribution is -2.36. The minimum Gasteiger partial charge on any atom is -0.367 e. The molecule has 6 heteroatoms. The van der Waals surface area contributed by atoms with Crippen molar-refractivity contribution in [3.05, 3.63) is 62.6 Å². The Hall–Kier alpha value is -2.37. The van der Waals surface area contributed by atoms with E-state index in [-0.39, 0.29) is 29.8 Å². The van der Waals surface area contributed by atoms with E-state index in [1.54, 1.807) is 32.0 Å². The Morgan fingerprint density at radius 1 is 1.30 bits per heavy atom. The molecular weight excluding hydrogens is 261 g/mol. The molecule has 0 aliphatic carbocycles. The van der Waals surface area contributed by atoms with E-state index in [2.05, 4.69) is 10.3 Å². The van der Waals surface area contributed by atoms with Crippen LogP contribution >= 0.6 is 0 Å². The van der Waals surface area contributed by atoms with Gasteiger partial charge in [-0.3, -0.25) is 14.3 Å². The number of aromatic amines is 1. The fourth-order valence-corrected chi connectivity index (χ4v) is 1.92. The van der Waals surface area contributed by atoms with Crippen LogP contribution in [-0.2, 0) is 6.54 Å². The van der Waals surface area contributed by atoms with E-state index in [4.69, 9.17) is 0 Å². The second kappa shape index (κ2) is 5.73. The Morgan fingerprint density at radius 2 is 2.00 bits per heavy atom. The summed E-state index contributed by atoms with van der Waals surface area (Å²) in [5.41, 5.74) is -0.412. The summed E-state index contributed by atoms with van der Waals surface area (Å²) in [4.78, 5) is 26.1. The second-order valence-electron chi connectivity index (χ2n) is 4.74. The number of nitrogens with zero attached hydrogens (tertiary/aromatic N) is 1. The smallest absolute Gasteiger partial charge is 0.330 e. The van der Waals surface area contributed by atoms with Gasteiger partial charge < -0.3 is 5.32 Å². The molecule has 20 heavy (non-hydrogen) atoms. The van der Waals surface area contributed by atoms with Crippen molar-refractivity contribution in [1.29, 1.82) is 0 Å². The minimum absolute atomic E-state index is 0.188. The first-order valence-electron chi connectivity index (χ1n) is 6.32. The van der Waals surface area contributed by atoms with Gasteiger partial charge in [-0.15, -0.1) is 0 Å². The molecule has 0 amide bonds. The molecular formula is C14H16FN3O2. The molecule has 0 atom stereocenters. The monoisotopic (exact) mass is 277 g/mol. The molecule has 2 rings (SSSR count). The van der Waals surface area contributed by atoms with Crippen LogP contribution in [0, 0.1) is 5.82 Å². The van der Waals surface area contributed by atoms with Crippen LogP contribution in [-0.4, -0.2) is 9.55 Å². The Bertz CT molecular complexity index is 688. The molecule has 2 aromatic rings. The van der Waals surface area contributed by atoms with Crippen LogP contribution in [0.4, 0.5) is 10.2 Å². The minimum atomic E-state index is -0.483. The number of aromatic nitrogens is 2. The van der Waals surface area contributed by atoms with Crippen LogP contribution in [0.25, 0.3) is 0 Å². The number of benzene rings is 1. The number of hydrogen-bond donors (Lipinski definition) is 2. The first kappa shape index (κ1) is 14.0. The molecule has 0 spiro atoms. The van der Waals surface area contributed by atoms with E-state index in [1.165, 1.54) is 12.1 Å². The number of hydrogen-bond acceptors (Lipinski definition) is 3. The van der Waals surface area contributed by atoms with Gasteiger partial charge in [0.25, 0.3) is 5.56 Å². The number of rotatable bonds is 4. The Kier molecular flexibility index (Phi) is 4.02. The fourth-order valence-electron chi connectivity index (χ4n) is 1.92. The summed E-state index contributed by atoms with van der Waals surface area (Å²) in [6.45, 7) is 3.69. The molecule has 2 N–H and O–H groups in total. The highest BCUT2D eigenvalue weighted by Crippen LogP contribution is 2.08. The quantitative estimate of drug-likeness (QED) is 0.896. The van der Waals surface area contributed by atoms with Gasteiger partial charge >= 0.3 is 5.69 Å². The van der Waals surface area contributed by atoms with Crippen molar-refractivity contribution < 1.29 is 4.39 Å². The predicted octanol–water partition coefficient (Wildman–Crippen LogP) is 1.87. The maximum Gasteiger partial charge on any atom is 0.330 e.